The highest BCUT2D eigenvalue weighted by Crippen LogP contribution is 2.32. The average Bonchev–Trinajstić information content (AvgIpc) is 3.46. The number of hydrogen-bond donors (Lipinski definition) is 2. The molecule has 2 aliphatic rings. The topological polar surface area (TPSA) is 83.7 Å². The van der Waals surface area contributed by atoms with Crippen LogP contribution in [0.4, 0.5) is 0 Å². The third-order valence-electron chi connectivity index (χ3n) is 5.55. The third kappa shape index (κ3) is 3.29. The number of aromatic amines is 1. The number of H-pyrrole nitrogens is 1. The van der Waals surface area contributed by atoms with Gasteiger partial charge in [0.15, 0.2) is 11.5 Å². The number of benzene rings is 2. The largest absolute Gasteiger partial charge is 0.454 e. The van der Waals surface area contributed by atoms with Gasteiger partial charge in [-0.15, -0.1) is 0 Å². The van der Waals surface area contributed by atoms with E-state index in [0.29, 0.717) is 37.4 Å². The number of amides is 2. The molecule has 2 aromatic carbocycles. The van der Waals surface area contributed by atoms with Gasteiger partial charge < -0.3 is 24.7 Å². The van der Waals surface area contributed by atoms with Crippen LogP contribution in [0.15, 0.2) is 48.7 Å². The second-order valence-electron chi connectivity index (χ2n) is 7.34. The Bertz CT molecular complexity index is 1090. The normalized spacial score (nSPS) is 17.9. The van der Waals surface area contributed by atoms with Gasteiger partial charge in [-0.05, 0) is 35.7 Å². The quantitative estimate of drug-likeness (QED) is 0.701. The first-order valence-corrected chi connectivity index (χ1v) is 9.70. The van der Waals surface area contributed by atoms with Crippen LogP contribution in [0.5, 0.6) is 11.5 Å². The molecule has 3 aromatic rings. The standard InChI is InChI=1S/C22H21N3O4/c26-21-8-6-18(25(21)12-15-11-23-17-4-2-1-3-16(15)17)22(27)24-10-14-5-7-19-20(9-14)29-13-28-19/h1-5,7,9,11,18,23H,6,8,10,12-13H2,(H,24,27). The summed E-state index contributed by atoms with van der Waals surface area (Å²) in [6.07, 6.45) is 2.84. The zero-order valence-corrected chi connectivity index (χ0v) is 15.8. The van der Waals surface area contributed by atoms with E-state index in [4.69, 9.17) is 9.47 Å². The van der Waals surface area contributed by atoms with Crippen LogP contribution >= 0.6 is 0 Å². The molecule has 0 radical (unpaired) electrons. The SMILES string of the molecule is O=C(NCc1ccc2c(c1)OCO2)C1CCC(=O)N1Cc1c[nH]c2ccccc12. The Balaban J connectivity index is 1.28. The van der Waals surface area contributed by atoms with Gasteiger partial charge in [0, 0.05) is 36.6 Å². The Kier molecular flexibility index (Phi) is 4.35. The molecule has 0 saturated carbocycles. The number of aromatic nitrogens is 1. The van der Waals surface area contributed by atoms with Gasteiger partial charge in [0.25, 0.3) is 0 Å². The van der Waals surface area contributed by atoms with E-state index in [1.165, 1.54) is 0 Å². The highest BCUT2D eigenvalue weighted by Gasteiger charge is 2.36. The first-order valence-electron chi connectivity index (χ1n) is 9.70. The summed E-state index contributed by atoms with van der Waals surface area (Å²) in [5.41, 5.74) is 2.97. The summed E-state index contributed by atoms with van der Waals surface area (Å²) < 4.78 is 10.7. The van der Waals surface area contributed by atoms with Crippen molar-refractivity contribution in [3.05, 3.63) is 59.8 Å². The fourth-order valence-corrected chi connectivity index (χ4v) is 4.01. The number of fused-ring (bicyclic) bond motifs is 2. The number of carbonyl (C=O) groups is 2. The van der Waals surface area contributed by atoms with Crippen LogP contribution in [0.3, 0.4) is 0 Å². The van der Waals surface area contributed by atoms with E-state index in [1.807, 2.05) is 48.7 Å². The smallest absolute Gasteiger partial charge is 0.243 e. The molecule has 1 saturated heterocycles. The summed E-state index contributed by atoms with van der Waals surface area (Å²) in [5, 5.41) is 4.04. The Morgan fingerprint density at radius 3 is 2.97 bits per heavy atom. The van der Waals surface area contributed by atoms with Crippen molar-refractivity contribution in [2.45, 2.75) is 32.0 Å². The van der Waals surface area contributed by atoms with Crippen LogP contribution < -0.4 is 14.8 Å². The van der Waals surface area contributed by atoms with Gasteiger partial charge in [-0.3, -0.25) is 9.59 Å². The van der Waals surface area contributed by atoms with E-state index >= 15 is 0 Å². The molecule has 148 valence electrons. The fourth-order valence-electron chi connectivity index (χ4n) is 4.01. The third-order valence-corrected chi connectivity index (χ3v) is 5.55. The Labute approximate surface area is 167 Å². The molecule has 7 nitrogen and oxygen atoms in total. The van der Waals surface area contributed by atoms with Gasteiger partial charge in [-0.25, -0.2) is 0 Å². The molecular formula is C22H21N3O4. The van der Waals surface area contributed by atoms with Crippen LogP contribution in [0, 0.1) is 0 Å². The summed E-state index contributed by atoms with van der Waals surface area (Å²) in [6.45, 7) is 1.02. The van der Waals surface area contributed by atoms with Gasteiger partial charge >= 0.3 is 0 Å². The molecule has 0 bridgehead atoms. The lowest BCUT2D eigenvalue weighted by Crippen LogP contribution is -2.44. The Morgan fingerprint density at radius 1 is 1.17 bits per heavy atom. The molecule has 0 aliphatic carbocycles. The highest BCUT2D eigenvalue weighted by molar-refractivity contribution is 5.91. The summed E-state index contributed by atoms with van der Waals surface area (Å²) in [7, 11) is 0. The zero-order valence-electron chi connectivity index (χ0n) is 15.8. The van der Waals surface area contributed by atoms with Gasteiger partial charge in [-0.1, -0.05) is 24.3 Å². The molecule has 2 amide bonds. The molecule has 3 heterocycles. The number of para-hydroxylation sites is 1. The van der Waals surface area contributed by atoms with Crippen molar-refractivity contribution in [1.29, 1.82) is 0 Å². The van der Waals surface area contributed by atoms with Gasteiger partial charge in [-0.2, -0.15) is 0 Å². The lowest BCUT2D eigenvalue weighted by atomic mass is 10.1. The van der Waals surface area contributed by atoms with Crippen LogP contribution in [-0.2, 0) is 22.7 Å². The van der Waals surface area contributed by atoms with Crippen molar-refractivity contribution >= 4 is 22.7 Å². The van der Waals surface area contributed by atoms with Crippen LogP contribution in [0.1, 0.15) is 24.0 Å². The minimum Gasteiger partial charge on any atom is -0.454 e. The molecule has 5 rings (SSSR count). The van der Waals surface area contributed by atoms with Crippen LogP contribution in [0.25, 0.3) is 10.9 Å². The molecule has 2 aliphatic heterocycles. The molecule has 29 heavy (non-hydrogen) atoms. The van der Waals surface area contributed by atoms with Crippen molar-refractivity contribution in [2.75, 3.05) is 6.79 Å². The molecule has 1 unspecified atom stereocenters. The maximum atomic E-state index is 12.8. The predicted molar refractivity (Wildman–Crippen MR) is 106 cm³/mol. The van der Waals surface area contributed by atoms with Gasteiger partial charge in [0.05, 0.1) is 0 Å². The molecule has 1 atom stereocenters. The van der Waals surface area contributed by atoms with Crippen molar-refractivity contribution in [2.24, 2.45) is 0 Å². The van der Waals surface area contributed by atoms with E-state index in [-0.39, 0.29) is 18.6 Å². The minimum atomic E-state index is -0.454. The number of likely N-dealkylation sites (tertiary alicyclic amines) is 1. The van der Waals surface area contributed by atoms with Gasteiger partial charge in [0.1, 0.15) is 6.04 Å². The van der Waals surface area contributed by atoms with Crippen LogP contribution in [0.2, 0.25) is 0 Å². The van der Waals surface area contributed by atoms with E-state index in [0.717, 1.165) is 22.0 Å². The first kappa shape index (κ1) is 17.6. The van der Waals surface area contributed by atoms with E-state index in [1.54, 1.807) is 4.90 Å². The van der Waals surface area contributed by atoms with E-state index in [2.05, 4.69) is 10.3 Å². The van der Waals surface area contributed by atoms with Crippen LogP contribution in [-0.4, -0.2) is 34.5 Å². The molecule has 7 heteroatoms. The lowest BCUT2D eigenvalue weighted by Gasteiger charge is -2.24. The molecular weight excluding hydrogens is 370 g/mol. The maximum Gasteiger partial charge on any atom is 0.243 e. The summed E-state index contributed by atoms with van der Waals surface area (Å²) in [6, 6.07) is 13.1. The van der Waals surface area contributed by atoms with Crippen molar-refractivity contribution in [3.8, 4) is 11.5 Å². The number of nitrogens with zero attached hydrogens (tertiary/aromatic N) is 1. The molecule has 1 fully saturated rings. The minimum absolute atomic E-state index is 0.0125. The Hall–Kier alpha value is -3.48. The van der Waals surface area contributed by atoms with E-state index < -0.39 is 6.04 Å². The highest BCUT2D eigenvalue weighted by atomic mass is 16.7. The monoisotopic (exact) mass is 391 g/mol. The second kappa shape index (κ2) is 7.16. The molecule has 0 spiro atoms. The number of nitrogens with one attached hydrogen (secondary N) is 2. The number of rotatable bonds is 5. The predicted octanol–water partition coefficient (Wildman–Crippen LogP) is 2.70. The average molecular weight is 391 g/mol. The maximum absolute atomic E-state index is 12.8. The fraction of sp³-hybridized carbons (Fsp3) is 0.273. The summed E-state index contributed by atoms with van der Waals surface area (Å²) in [5.74, 6) is 1.28. The Morgan fingerprint density at radius 2 is 2.03 bits per heavy atom. The van der Waals surface area contributed by atoms with Crippen molar-refractivity contribution < 1.29 is 19.1 Å². The van der Waals surface area contributed by atoms with Crippen molar-refractivity contribution in [3.63, 3.8) is 0 Å². The second-order valence-corrected chi connectivity index (χ2v) is 7.34. The number of carbonyl (C=O) groups excluding carboxylic acids is 2. The number of hydrogen-bond acceptors (Lipinski definition) is 4. The number of ether oxygens (including phenoxy) is 2. The zero-order chi connectivity index (χ0) is 19.8. The van der Waals surface area contributed by atoms with Crippen molar-refractivity contribution in [1.82, 2.24) is 15.2 Å². The first-order chi connectivity index (χ1) is 14.2. The van der Waals surface area contributed by atoms with E-state index in [9.17, 15) is 9.59 Å². The molecule has 1 aromatic heterocycles. The molecule has 2 N–H and O–H groups in total. The summed E-state index contributed by atoms with van der Waals surface area (Å²) in [4.78, 5) is 30.2. The lowest BCUT2D eigenvalue weighted by molar-refractivity contribution is -0.135. The van der Waals surface area contributed by atoms with Gasteiger partial charge in [0.2, 0.25) is 18.6 Å². The summed E-state index contributed by atoms with van der Waals surface area (Å²) >= 11 is 0.